The molecule has 0 unspecified atom stereocenters. The van der Waals surface area contributed by atoms with Crippen molar-refractivity contribution in [1.29, 1.82) is 0 Å². The molecule has 0 saturated carbocycles. The Morgan fingerprint density at radius 2 is 2.09 bits per heavy atom. The van der Waals surface area contributed by atoms with E-state index < -0.39 is 10.8 Å². The standard InChI is InChI=1S/C13H18N6O3/c1-5-18-8-11(19(21)22)12(15-18)13(20)16(3)6-10-7-17(4)14-9(10)2/h7-8H,5-6H2,1-4H3. The summed E-state index contributed by atoms with van der Waals surface area (Å²) >= 11 is 0. The van der Waals surface area contributed by atoms with Gasteiger partial charge in [0.2, 0.25) is 5.69 Å². The van der Waals surface area contributed by atoms with Crippen LogP contribution in [0.3, 0.4) is 0 Å². The van der Waals surface area contributed by atoms with E-state index in [1.807, 2.05) is 13.1 Å². The van der Waals surface area contributed by atoms with Gasteiger partial charge in [-0.05, 0) is 13.8 Å². The highest BCUT2D eigenvalue weighted by molar-refractivity contribution is 5.95. The SMILES string of the molecule is CCn1cc([N+](=O)[O-])c(C(=O)N(C)Cc2cn(C)nc2C)n1. The Hall–Kier alpha value is -2.71. The third-order valence-corrected chi connectivity index (χ3v) is 3.33. The number of rotatable bonds is 5. The zero-order chi connectivity index (χ0) is 16.4. The number of aromatic nitrogens is 4. The first-order valence-electron chi connectivity index (χ1n) is 6.79. The molecule has 2 aromatic heterocycles. The summed E-state index contributed by atoms with van der Waals surface area (Å²) in [5, 5.41) is 19.3. The zero-order valence-electron chi connectivity index (χ0n) is 13.0. The van der Waals surface area contributed by atoms with Crippen LogP contribution in [0.1, 0.15) is 28.7 Å². The Balaban J connectivity index is 2.25. The molecule has 118 valence electrons. The summed E-state index contributed by atoms with van der Waals surface area (Å²) < 4.78 is 3.05. The van der Waals surface area contributed by atoms with Gasteiger partial charge in [0.1, 0.15) is 6.20 Å². The zero-order valence-corrected chi connectivity index (χ0v) is 13.0. The molecule has 9 nitrogen and oxygen atoms in total. The van der Waals surface area contributed by atoms with Crippen molar-refractivity contribution in [2.24, 2.45) is 7.05 Å². The van der Waals surface area contributed by atoms with E-state index in [0.29, 0.717) is 13.1 Å². The Labute approximate surface area is 127 Å². The molecule has 0 spiro atoms. The fourth-order valence-corrected chi connectivity index (χ4v) is 2.17. The molecule has 0 fully saturated rings. The molecule has 0 N–H and O–H groups in total. The summed E-state index contributed by atoms with van der Waals surface area (Å²) in [6, 6.07) is 0. The molecule has 2 heterocycles. The van der Waals surface area contributed by atoms with E-state index in [1.165, 1.54) is 15.8 Å². The molecule has 2 rings (SSSR count). The maximum atomic E-state index is 12.4. The van der Waals surface area contributed by atoms with E-state index in [1.54, 1.807) is 25.7 Å². The van der Waals surface area contributed by atoms with Crippen LogP contribution in [0, 0.1) is 17.0 Å². The van der Waals surface area contributed by atoms with Crippen molar-refractivity contribution < 1.29 is 9.72 Å². The summed E-state index contributed by atoms with van der Waals surface area (Å²) in [6.07, 6.45) is 3.09. The van der Waals surface area contributed by atoms with E-state index in [2.05, 4.69) is 10.2 Å². The first-order chi connectivity index (χ1) is 10.3. The van der Waals surface area contributed by atoms with Gasteiger partial charge in [-0.3, -0.25) is 24.3 Å². The van der Waals surface area contributed by atoms with Gasteiger partial charge in [-0.25, -0.2) is 0 Å². The quantitative estimate of drug-likeness (QED) is 0.609. The van der Waals surface area contributed by atoms with E-state index in [4.69, 9.17) is 0 Å². The van der Waals surface area contributed by atoms with Gasteiger partial charge in [0.25, 0.3) is 5.91 Å². The van der Waals surface area contributed by atoms with Crippen molar-refractivity contribution in [3.63, 3.8) is 0 Å². The van der Waals surface area contributed by atoms with E-state index >= 15 is 0 Å². The summed E-state index contributed by atoms with van der Waals surface area (Å²) in [6.45, 7) is 4.42. The van der Waals surface area contributed by atoms with E-state index in [-0.39, 0.29) is 11.4 Å². The van der Waals surface area contributed by atoms with Gasteiger partial charge in [-0.1, -0.05) is 0 Å². The summed E-state index contributed by atoms with van der Waals surface area (Å²) in [7, 11) is 3.38. The van der Waals surface area contributed by atoms with Crippen molar-refractivity contribution in [2.75, 3.05) is 7.05 Å². The van der Waals surface area contributed by atoms with Crippen LogP contribution in [0.25, 0.3) is 0 Å². The fraction of sp³-hybridized carbons (Fsp3) is 0.462. The normalized spacial score (nSPS) is 10.7. The molecule has 9 heteroatoms. The van der Waals surface area contributed by atoms with Gasteiger partial charge in [-0.2, -0.15) is 10.2 Å². The number of amides is 1. The molecule has 0 aliphatic rings. The van der Waals surface area contributed by atoms with Crippen LogP contribution in [0.2, 0.25) is 0 Å². The predicted molar refractivity (Wildman–Crippen MR) is 78.3 cm³/mol. The van der Waals surface area contributed by atoms with Crippen LogP contribution < -0.4 is 0 Å². The minimum Gasteiger partial charge on any atom is -0.336 e. The number of carbonyl (C=O) groups excluding carboxylic acids is 1. The molecule has 0 saturated heterocycles. The first kappa shape index (κ1) is 15.7. The third kappa shape index (κ3) is 2.97. The Morgan fingerprint density at radius 3 is 2.59 bits per heavy atom. The lowest BCUT2D eigenvalue weighted by molar-refractivity contribution is -0.385. The summed E-state index contributed by atoms with van der Waals surface area (Å²) in [5.74, 6) is -0.484. The van der Waals surface area contributed by atoms with Crippen LogP contribution in [0.4, 0.5) is 5.69 Å². The minimum absolute atomic E-state index is 0.143. The van der Waals surface area contributed by atoms with Crippen LogP contribution in [-0.2, 0) is 20.1 Å². The first-order valence-corrected chi connectivity index (χ1v) is 6.79. The second-order valence-electron chi connectivity index (χ2n) is 5.05. The topological polar surface area (TPSA) is 99.1 Å². The lowest BCUT2D eigenvalue weighted by Crippen LogP contribution is -2.27. The van der Waals surface area contributed by atoms with Crippen molar-refractivity contribution in [3.8, 4) is 0 Å². The molecule has 0 radical (unpaired) electrons. The highest BCUT2D eigenvalue weighted by atomic mass is 16.6. The summed E-state index contributed by atoms with van der Waals surface area (Å²) in [4.78, 5) is 24.3. The van der Waals surface area contributed by atoms with Crippen LogP contribution in [-0.4, -0.2) is 42.3 Å². The molecular weight excluding hydrogens is 288 g/mol. The second kappa shape index (κ2) is 5.96. The van der Waals surface area contributed by atoms with Gasteiger partial charge in [0, 0.05) is 38.9 Å². The number of nitrogens with zero attached hydrogens (tertiary/aromatic N) is 6. The molecule has 1 amide bonds. The van der Waals surface area contributed by atoms with E-state index in [9.17, 15) is 14.9 Å². The van der Waals surface area contributed by atoms with Crippen LogP contribution in [0.15, 0.2) is 12.4 Å². The number of carbonyl (C=O) groups is 1. The third-order valence-electron chi connectivity index (χ3n) is 3.33. The Bertz CT molecular complexity index is 717. The van der Waals surface area contributed by atoms with Crippen molar-refractivity contribution >= 4 is 11.6 Å². The van der Waals surface area contributed by atoms with Crippen molar-refractivity contribution in [2.45, 2.75) is 26.9 Å². The number of aryl methyl sites for hydroxylation is 3. The Kier molecular flexibility index (Phi) is 4.25. The second-order valence-corrected chi connectivity index (χ2v) is 5.05. The summed E-state index contributed by atoms with van der Waals surface area (Å²) in [5.41, 5.74) is 1.28. The molecule has 0 atom stereocenters. The fourth-order valence-electron chi connectivity index (χ4n) is 2.17. The maximum absolute atomic E-state index is 12.4. The average Bonchev–Trinajstić information content (AvgIpc) is 3.01. The lowest BCUT2D eigenvalue weighted by atomic mass is 10.2. The lowest BCUT2D eigenvalue weighted by Gasteiger charge is -2.15. The number of hydrogen-bond donors (Lipinski definition) is 0. The van der Waals surface area contributed by atoms with Crippen molar-refractivity contribution in [3.05, 3.63) is 39.5 Å². The molecule has 2 aromatic rings. The monoisotopic (exact) mass is 306 g/mol. The predicted octanol–water partition coefficient (Wildman–Crippen LogP) is 1.13. The molecular formula is C13H18N6O3. The van der Waals surface area contributed by atoms with Crippen LogP contribution >= 0.6 is 0 Å². The molecule has 0 aliphatic carbocycles. The van der Waals surface area contributed by atoms with Gasteiger partial charge in [-0.15, -0.1) is 0 Å². The largest absolute Gasteiger partial charge is 0.336 e. The minimum atomic E-state index is -0.588. The van der Waals surface area contributed by atoms with Crippen molar-refractivity contribution in [1.82, 2.24) is 24.5 Å². The van der Waals surface area contributed by atoms with E-state index in [0.717, 1.165) is 11.3 Å². The average molecular weight is 306 g/mol. The maximum Gasteiger partial charge on any atom is 0.320 e. The molecule has 22 heavy (non-hydrogen) atoms. The smallest absolute Gasteiger partial charge is 0.320 e. The Morgan fingerprint density at radius 1 is 1.41 bits per heavy atom. The van der Waals surface area contributed by atoms with Gasteiger partial charge >= 0.3 is 5.69 Å². The molecule has 0 aliphatic heterocycles. The van der Waals surface area contributed by atoms with Gasteiger partial charge < -0.3 is 4.90 Å². The van der Waals surface area contributed by atoms with Gasteiger partial charge in [0.05, 0.1) is 10.6 Å². The number of nitro groups is 1. The number of hydrogen-bond acceptors (Lipinski definition) is 5. The van der Waals surface area contributed by atoms with Gasteiger partial charge in [0.15, 0.2) is 0 Å². The molecule has 0 aromatic carbocycles. The van der Waals surface area contributed by atoms with Crippen LogP contribution in [0.5, 0.6) is 0 Å². The molecule has 0 bridgehead atoms. The highest BCUT2D eigenvalue weighted by Crippen LogP contribution is 2.19. The highest BCUT2D eigenvalue weighted by Gasteiger charge is 2.28.